The van der Waals surface area contributed by atoms with Gasteiger partial charge in [0.15, 0.2) is 25.2 Å². The van der Waals surface area contributed by atoms with Crippen molar-refractivity contribution in [2.75, 3.05) is 26.4 Å². The molecule has 20 heteroatoms. The van der Waals surface area contributed by atoms with Crippen molar-refractivity contribution in [3.05, 3.63) is 0 Å². The van der Waals surface area contributed by atoms with Crippen LogP contribution in [0, 0.1) is 0 Å². The predicted molar refractivity (Wildman–Crippen MR) is 128 cm³/mol. The number of aliphatic hydroxyl groups is 13. The molecular formula is C23H40O20. The maximum absolute atomic E-state index is 11.0. The van der Waals surface area contributed by atoms with Crippen molar-refractivity contribution < 1.29 is 99.5 Å². The summed E-state index contributed by atoms with van der Waals surface area (Å²) in [5.74, 6) is 0. The largest absolute Gasteiger partial charge is 0.394 e. The normalized spacial score (nSPS) is 53.1. The lowest BCUT2D eigenvalue weighted by Gasteiger charge is -2.47. The van der Waals surface area contributed by atoms with E-state index in [0.29, 0.717) is 0 Å². The molecule has 0 radical (unpaired) electrons. The van der Waals surface area contributed by atoms with Crippen LogP contribution in [0.25, 0.3) is 0 Å². The molecule has 4 rings (SSSR count). The lowest BCUT2D eigenvalue weighted by Crippen LogP contribution is -2.66. The fourth-order valence-corrected chi connectivity index (χ4v) is 5.16. The maximum Gasteiger partial charge on any atom is 0.187 e. The van der Waals surface area contributed by atoms with Gasteiger partial charge in [-0.2, -0.15) is 0 Å². The summed E-state index contributed by atoms with van der Waals surface area (Å²) < 4.78 is 37.9. The minimum Gasteiger partial charge on any atom is -0.394 e. The van der Waals surface area contributed by atoms with Crippen molar-refractivity contribution in [3.63, 3.8) is 0 Å². The van der Waals surface area contributed by atoms with E-state index >= 15 is 0 Å². The van der Waals surface area contributed by atoms with Gasteiger partial charge in [-0.25, -0.2) is 0 Å². The molecule has 13 N–H and O–H groups in total. The van der Waals surface area contributed by atoms with Gasteiger partial charge in [0.05, 0.1) is 26.4 Å². The van der Waals surface area contributed by atoms with Crippen LogP contribution in [0.5, 0.6) is 0 Å². The zero-order valence-corrected chi connectivity index (χ0v) is 22.5. The summed E-state index contributed by atoms with van der Waals surface area (Å²) in [5, 5.41) is 132. The number of ether oxygens (including phenoxy) is 7. The van der Waals surface area contributed by atoms with E-state index in [9.17, 15) is 66.4 Å². The van der Waals surface area contributed by atoms with E-state index in [1.165, 1.54) is 0 Å². The summed E-state index contributed by atoms with van der Waals surface area (Å²) in [6.07, 6.45) is -32.8. The van der Waals surface area contributed by atoms with Crippen molar-refractivity contribution >= 4 is 0 Å². The molecule has 19 unspecified atom stereocenters. The molecule has 4 aliphatic heterocycles. The summed E-state index contributed by atoms with van der Waals surface area (Å²) in [5.41, 5.74) is 0. The molecule has 0 aliphatic carbocycles. The Bertz CT molecular complexity index is 867. The van der Waals surface area contributed by atoms with Gasteiger partial charge in [0.25, 0.3) is 0 Å². The fraction of sp³-hybridized carbons (Fsp3) is 1.00. The molecule has 4 heterocycles. The van der Waals surface area contributed by atoms with Crippen LogP contribution < -0.4 is 0 Å². The topological polar surface area (TPSA) is 328 Å². The van der Waals surface area contributed by atoms with Crippen LogP contribution in [-0.4, -0.2) is 210 Å². The first kappa shape index (κ1) is 35.1. The quantitative estimate of drug-likeness (QED) is 0.112. The van der Waals surface area contributed by atoms with Gasteiger partial charge in [-0.05, 0) is 0 Å². The molecule has 0 saturated carbocycles. The average Bonchev–Trinajstić information content (AvgIpc) is 2.99. The van der Waals surface area contributed by atoms with Crippen molar-refractivity contribution in [1.82, 2.24) is 0 Å². The van der Waals surface area contributed by atoms with Crippen LogP contribution in [0.3, 0.4) is 0 Å². The van der Waals surface area contributed by atoms with E-state index in [1.807, 2.05) is 0 Å². The highest BCUT2D eigenvalue weighted by Crippen LogP contribution is 2.32. The summed E-state index contributed by atoms with van der Waals surface area (Å²) in [7, 11) is 0. The molecule has 0 spiro atoms. The molecule has 0 aromatic carbocycles. The number of hydrogen-bond acceptors (Lipinski definition) is 20. The van der Waals surface area contributed by atoms with E-state index < -0.39 is 143 Å². The molecule has 19 atom stereocenters. The third-order valence-corrected chi connectivity index (χ3v) is 7.79. The van der Waals surface area contributed by atoms with Crippen LogP contribution in [-0.2, 0) is 33.2 Å². The lowest BCUT2D eigenvalue weighted by molar-refractivity contribution is -0.378. The van der Waals surface area contributed by atoms with Crippen molar-refractivity contribution in [1.29, 1.82) is 0 Å². The molecule has 0 aromatic heterocycles. The molecule has 0 aromatic rings. The first-order valence-corrected chi connectivity index (χ1v) is 13.5. The average molecular weight is 637 g/mol. The Kier molecular flexibility index (Phi) is 12.0. The Morgan fingerprint density at radius 2 is 1.02 bits per heavy atom. The van der Waals surface area contributed by atoms with Crippen LogP contribution in [0.4, 0.5) is 0 Å². The zero-order chi connectivity index (χ0) is 31.7. The SMILES string of the molecule is OCC1OC(OCC2OC(OC3C(CO)OC(O)C(O)C3O)C(O)C(O)C2OC2OCC(O)C(O)C2O)C(O)C(O)C1O. The van der Waals surface area contributed by atoms with Gasteiger partial charge in [0, 0.05) is 0 Å². The zero-order valence-electron chi connectivity index (χ0n) is 22.5. The van der Waals surface area contributed by atoms with Crippen LogP contribution in [0.15, 0.2) is 0 Å². The van der Waals surface area contributed by atoms with E-state index in [4.69, 9.17) is 33.2 Å². The maximum atomic E-state index is 11.0. The third-order valence-electron chi connectivity index (χ3n) is 7.79. The van der Waals surface area contributed by atoms with E-state index in [2.05, 4.69) is 0 Å². The number of aliphatic hydroxyl groups excluding tert-OH is 13. The summed E-state index contributed by atoms with van der Waals surface area (Å²) in [6.45, 7) is -2.78. The van der Waals surface area contributed by atoms with Crippen molar-refractivity contribution in [2.24, 2.45) is 0 Å². The molecule has 4 saturated heterocycles. The standard InChI is InChI=1S/C23H40O20/c24-1-6-10(28)11(29)16(34)21(40-6)38-4-8-19(42-22-15(33)9(27)5(26)3-37-22)13(31)17(35)23(41-8)43-18-7(2-25)39-20(36)14(32)12(18)30/h5-36H,1-4H2. The molecule has 43 heavy (non-hydrogen) atoms. The molecule has 0 amide bonds. The second kappa shape index (κ2) is 14.7. The highest BCUT2D eigenvalue weighted by Gasteiger charge is 2.53. The number of hydrogen-bond donors (Lipinski definition) is 13. The van der Waals surface area contributed by atoms with E-state index in [-0.39, 0.29) is 0 Å². The second-order valence-electron chi connectivity index (χ2n) is 10.7. The highest BCUT2D eigenvalue weighted by molar-refractivity contribution is 4.96. The van der Waals surface area contributed by atoms with Crippen LogP contribution in [0.1, 0.15) is 0 Å². The Morgan fingerprint density at radius 1 is 0.488 bits per heavy atom. The Balaban J connectivity index is 1.54. The second-order valence-corrected chi connectivity index (χ2v) is 10.7. The minimum atomic E-state index is -2.00. The Morgan fingerprint density at radius 3 is 1.67 bits per heavy atom. The van der Waals surface area contributed by atoms with Gasteiger partial charge < -0.3 is 99.5 Å². The van der Waals surface area contributed by atoms with Gasteiger partial charge in [0.2, 0.25) is 0 Å². The lowest BCUT2D eigenvalue weighted by atomic mass is 9.96. The smallest absolute Gasteiger partial charge is 0.187 e. The van der Waals surface area contributed by atoms with E-state index in [0.717, 1.165) is 0 Å². The molecule has 4 aliphatic rings. The highest BCUT2D eigenvalue weighted by atomic mass is 16.8. The van der Waals surface area contributed by atoms with Crippen molar-refractivity contribution in [3.8, 4) is 0 Å². The molecule has 4 fully saturated rings. The van der Waals surface area contributed by atoms with Gasteiger partial charge in [-0.1, -0.05) is 0 Å². The Hall–Kier alpha value is -0.800. The first-order valence-electron chi connectivity index (χ1n) is 13.5. The Labute approximate surface area is 243 Å². The van der Waals surface area contributed by atoms with Gasteiger partial charge in [-0.15, -0.1) is 0 Å². The van der Waals surface area contributed by atoms with Crippen LogP contribution in [0.2, 0.25) is 0 Å². The summed E-state index contributed by atoms with van der Waals surface area (Å²) >= 11 is 0. The van der Waals surface area contributed by atoms with Crippen molar-refractivity contribution in [2.45, 2.75) is 117 Å². The van der Waals surface area contributed by atoms with Gasteiger partial charge in [-0.3, -0.25) is 0 Å². The van der Waals surface area contributed by atoms with E-state index in [1.54, 1.807) is 0 Å². The van der Waals surface area contributed by atoms with Crippen LogP contribution >= 0.6 is 0 Å². The molecule has 20 nitrogen and oxygen atoms in total. The molecule has 0 bridgehead atoms. The molecule has 252 valence electrons. The summed E-state index contributed by atoms with van der Waals surface area (Å²) in [6, 6.07) is 0. The first-order chi connectivity index (χ1) is 20.3. The summed E-state index contributed by atoms with van der Waals surface area (Å²) in [4.78, 5) is 0. The minimum absolute atomic E-state index is 0.483. The predicted octanol–water partition coefficient (Wildman–Crippen LogP) is -9.11. The van der Waals surface area contributed by atoms with Gasteiger partial charge >= 0.3 is 0 Å². The number of rotatable bonds is 9. The monoisotopic (exact) mass is 636 g/mol. The van der Waals surface area contributed by atoms with Gasteiger partial charge in [0.1, 0.15) is 91.6 Å². The fourth-order valence-electron chi connectivity index (χ4n) is 5.16. The third kappa shape index (κ3) is 7.29. The molecular weight excluding hydrogens is 596 g/mol.